The van der Waals surface area contributed by atoms with Crippen molar-refractivity contribution in [3.63, 3.8) is 0 Å². The predicted molar refractivity (Wildman–Crippen MR) is 102 cm³/mol. The number of rotatable bonds is 4. The second-order valence-electron chi connectivity index (χ2n) is 5.82. The third-order valence-electron chi connectivity index (χ3n) is 3.95. The minimum atomic E-state index is 0.178. The van der Waals surface area contributed by atoms with Crippen molar-refractivity contribution >= 4 is 28.3 Å². The fourth-order valence-corrected chi connectivity index (χ4v) is 3.44. The van der Waals surface area contributed by atoms with Crippen LogP contribution in [0.4, 0.5) is 5.82 Å². The second-order valence-corrected chi connectivity index (χ2v) is 6.76. The zero-order chi connectivity index (χ0) is 19.2. The highest BCUT2D eigenvalue weighted by atomic mass is 32.1. The van der Waals surface area contributed by atoms with Crippen LogP contribution >= 0.6 is 11.3 Å². The first-order valence-corrected chi connectivity index (χ1v) is 9.20. The van der Waals surface area contributed by atoms with E-state index in [1.54, 1.807) is 30.1 Å². The van der Waals surface area contributed by atoms with Gasteiger partial charge in [0.15, 0.2) is 17.9 Å². The molecule has 4 N–H and O–H groups in total. The number of aliphatic hydroxyl groups is 1. The normalized spacial score (nSPS) is 10.6. The Balaban J connectivity index is 0.000000193. The Hall–Kier alpha value is -2.98. The molecule has 0 aromatic carbocycles. The predicted octanol–water partition coefficient (Wildman–Crippen LogP) is 0.961. The van der Waals surface area contributed by atoms with Gasteiger partial charge in [-0.3, -0.25) is 0 Å². The summed E-state index contributed by atoms with van der Waals surface area (Å²) in [7, 11) is 0. The summed E-state index contributed by atoms with van der Waals surface area (Å²) in [6.45, 7) is 4.71. The van der Waals surface area contributed by atoms with Crippen LogP contribution in [0.25, 0.3) is 11.2 Å². The van der Waals surface area contributed by atoms with Crippen LogP contribution in [-0.4, -0.2) is 41.6 Å². The molecule has 0 saturated carbocycles. The largest absolute Gasteiger partial charge is 0.396 e. The zero-order valence-electron chi connectivity index (χ0n) is 15.1. The minimum Gasteiger partial charge on any atom is -0.396 e. The standard InChI is InChI=1S/C12H17N4OS.C5H4N4/c1-8-11(3-4-17)18-7-16(8)6-10-5-14-9(2)15-12(10)13;1-4-5(8-2-6-1)9-3-7-4/h5,7,17H,3-4,6H2,1-2H3,(H2,13,14,15);1-3H,(H,6,7,8,9)/q+1;. The average molecular weight is 385 g/mol. The molecule has 4 heterocycles. The topological polar surface area (TPSA) is 130 Å². The number of aromatic amines is 1. The Labute approximate surface area is 160 Å². The maximum atomic E-state index is 8.98. The molecule has 0 aliphatic heterocycles. The van der Waals surface area contributed by atoms with E-state index in [2.05, 4.69) is 34.5 Å². The lowest BCUT2D eigenvalue weighted by Gasteiger charge is -2.01. The van der Waals surface area contributed by atoms with E-state index < -0.39 is 0 Å². The Morgan fingerprint density at radius 1 is 1.22 bits per heavy atom. The number of aryl methyl sites for hydroxylation is 1. The van der Waals surface area contributed by atoms with E-state index in [0.717, 1.165) is 16.8 Å². The lowest BCUT2D eigenvalue weighted by molar-refractivity contribution is -0.689. The molecule has 0 radical (unpaired) electrons. The van der Waals surface area contributed by atoms with Crippen LogP contribution in [0.3, 0.4) is 0 Å². The van der Waals surface area contributed by atoms with Crippen LogP contribution in [0.2, 0.25) is 0 Å². The van der Waals surface area contributed by atoms with E-state index in [4.69, 9.17) is 10.8 Å². The van der Waals surface area contributed by atoms with E-state index >= 15 is 0 Å². The maximum absolute atomic E-state index is 8.98. The highest BCUT2D eigenvalue weighted by Crippen LogP contribution is 2.13. The molecule has 0 fully saturated rings. The van der Waals surface area contributed by atoms with Crippen molar-refractivity contribution in [3.05, 3.63) is 52.5 Å². The number of H-pyrrole nitrogens is 1. The monoisotopic (exact) mass is 385 g/mol. The fraction of sp³-hybridized carbons (Fsp3) is 0.294. The van der Waals surface area contributed by atoms with E-state index in [1.165, 1.54) is 11.2 Å². The van der Waals surface area contributed by atoms with Crippen molar-refractivity contribution in [2.24, 2.45) is 0 Å². The van der Waals surface area contributed by atoms with E-state index in [1.807, 2.05) is 19.4 Å². The molecule has 4 aromatic rings. The van der Waals surface area contributed by atoms with Crippen molar-refractivity contribution in [2.75, 3.05) is 12.3 Å². The Bertz CT molecular complexity index is 999. The van der Waals surface area contributed by atoms with E-state index in [-0.39, 0.29) is 6.61 Å². The fourth-order valence-electron chi connectivity index (χ4n) is 2.46. The van der Waals surface area contributed by atoms with Gasteiger partial charge in [0.2, 0.25) is 5.51 Å². The van der Waals surface area contributed by atoms with Gasteiger partial charge >= 0.3 is 0 Å². The first kappa shape index (κ1) is 18.8. The summed E-state index contributed by atoms with van der Waals surface area (Å²) in [4.78, 5) is 24.0. The molecule has 0 saturated heterocycles. The summed E-state index contributed by atoms with van der Waals surface area (Å²) in [5.74, 6) is 1.22. The quantitative estimate of drug-likeness (QED) is 0.446. The van der Waals surface area contributed by atoms with Gasteiger partial charge in [0.1, 0.15) is 23.5 Å². The number of nitrogens with one attached hydrogen (secondary N) is 1. The van der Waals surface area contributed by atoms with Crippen LogP contribution in [0, 0.1) is 13.8 Å². The summed E-state index contributed by atoms with van der Waals surface area (Å²) in [6.07, 6.45) is 7.23. The molecule has 9 nitrogen and oxygen atoms in total. The number of nitrogens with two attached hydrogens (primary N) is 1. The molecule has 4 rings (SSSR count). The van der Waals surface area contributed by atoms with Crippen LogP contribution < -0.4 is 10.3 Å². The maximum Gasteiger partial charge on any atom is 0.225 e. The van der Waals surface area contributed by atoms with E-state index in [9.17, 15) is 0 Å². The third kappa shape index (κ3) is 4.60. The van der Waals surface area contributed by atoms with Crippen LogP contribution in [0.1, 0.15) is 22.0 Å². The number of fused-ring (bicyclic) bond motifs is 1. The molecule has 0 unspecified atom stereocenters. The van der Waals surface area contributed by atoms with Crippen molar-refractivity contribution in [2.45, 2.75) is 26.8 Å². The second kappa shape index (κ2) is 8.60. The van der Waals surface area contributed by atoms with E-state index in [0.29, 0.717) is 30.3 Å². The number of nitrogens with zero attached hydrogens (tertiary/aromatic N) is 6. The number of nitrogen functional groups attached to an aromatic ring is 1. The number of hydrogen-bond acceptors (Lipinski definition) is 8. The van der Waals surface area contributed by atoms with Gasteiger partial charge < -0.3 is 15.8 Å². The van der Waals surface area contributed by atoms with Crippen LogP contribution in [-0.2, 0) is 13.0 Å². The van der Waals surface area contributed by atoms with Crippen molar-refractivity contribution in [3.8, 4) is 0 Å². The Kier molecular flexibility index (Phi) is 5.99. The summed E-state index contributed by atoms with van der Waals surface area (Å²) in [5, 5.41) is 8.98. The van der Waals surface area contributed by atoms with Crippen LogP contribution in [0.5, 0.6) is 0 Å². The molecule has 0 aliphatic rings. The Morgan fingerprint density at radius 2 is 2.07 bits per heavy atom. The lowest BCUT2D eigenvalue weighted by Crippen LogP contribution is -2.35. The van der Waals surface area contributed by atoms with Crippen molar-refractivity contribution in [1.82, 2.24) is 29.9 Å². The molecule has 0 aliphatic carbocycles. The van der Waals surface area contributed by atoms with Gasteiger partial charge in [0.05, 0.1) is 23.0 Å². The molecular formula is C17H21N8OS+. The number of aromatic nitrogens is 7. The smallest absolute Gasteiger partial charge is 0.225 e. The zero-order valence-corrected chi connectivity index (χ0v) is 15.9. The summed E-state index contributed by atoms with van der Waals surface area (Å²) in [6, 6.07) is 0. The molecule has 0 bridgehead atoms. The molecule has 0 spiro atoms. The minimum absolute atomic E-state index is 0.178. The molecule has 4 aromatic heterocycles. The summed E-state index contributed by atoms with van der Waals surface area (Å²) in [5.41, 5.74) is 11.6. The highest BCUT2D eigenvalue weighted by molar-refractivity contribution is 7.09. The third-order valence-corrected chi connectivity index (χ3v) is 5.10. The van der Waals surface area contributed by atoms with Gasteiger partial charge in [-0.1, -0.05) is 11.3 Å². The molecular weight excluding hydrogens is 364 g/mol. The number of hydrogen-bond donors (Lipinski definition) is 3. The SMILES string of the molecule is Cc1ncc(C[n+]2csc(CCO)c2C)c(N)n1.c1ncc2[nH]cnc2n1. The first-order chi connectivity index (χ1) is 13.1. The van der Waals surface area contributed by atoms with Crippen molar-refractivity contribution < 1.29 is 9.67 Å². The summed E-state index contributed by atoms with van der Waals surface area (Å²) >= 11 is 1.65. The lowest BCUT2D eigenvalue weighted by atomic mass is 10.2. The number of aliphatic hydroxyl groups excluding tert-OH is 1. The molecule has 27 heavy (non-hydrogen) atoms. The number of thiazole rings is 1. The van der Waals surface area contributed by atoms with Gasteiger partial charge in [-0.25, -0.2) is 24.9 Å². The molecule has 10 heteroatoms. The van der Waals surface area contributed by atoms with Gasteiger partial charge in [-0.15, -0.1) is 0 Å². The molecule has 0 atom stereocenters. The van der Waals surface area contributed by atoms with Gasteiger partial charge in [-0.2, -0.15) is 4.57 Å². The molecule has 0 amide bonds. The van der Waals surface area contributed by atoms with Crippen LogP contribution in [0.15, 0.2) is 30.6 Å². The van der Waals surface area contributed by atoms with Gasteiger partial charge in [0.25, 0.3) is 0 Å². The summed E-state index contributed by atoms with van der Waals surface area (Å²) < 4.78 is 2.11. The van der Waals surface area contributed by atoms with Gasteiger partial charge in [-0.05, 0) is 6.92 Å². The highest BCUT2D eigenvalue weighted by Gasteiger charge is 2.16. The molecule has 140 valence electrons. The van der Waals surface area contributed by atoms with Crippen molar-refractivity contribution in [1.29, 1.82) is 0 Å². The average Bonchev–Trinajstić information content (AvgIpc) is 3.26. The number of anilines is 1. The first-order valence-electron chi connectivity index (χ1n) is 8.32. The van der Waals surface area contributed by atoms with Gasteiger partial charge in [0, 0.05) is 26.1 Å². The Morgan fingerprint density at radius 3 is 2.81 bits per heavy atom. The number of imidazole rings is 1.